The van der Waals surface area contributed by atoms with Gasteiger partial charge in [0.2, 0.25) is 0 Å². The minimum atomic E-state index is -0.157. The summed E-state index contributed by atoms with van der Waals surface area (Å²) in [6.07, 6.45) is 6.55. The number of methoxy groups -OCH3 is 1. The van der Waals surface area contributed by atoms with Gasteiger partial charge in [-0.15, -0.1) is 0 Å². The standard InChI is InChI=1S/C30H45ClN4O/c1-23(2)18-27-21-35(26-13-16-33(17-14-26)29-8-6-7-15-32-29)28(19-24-9-11-25(31)12-10-24)20-34(27)22-30(3,4)36-5/h6-12,15,23,26-28H,13-14,16-22H2,1-5H3/t27-,28-/m0/s1. The van der Waals surface area contributed by atoms with Crippen LogP contribution < -0.4 is 4.90 Å². The van der Waals surface area contributed by atoms with Crippen molar-refractivity contribution >= 4 is 17.4 Å². The van der Waals surface area contributed by atoms with Crippen LogP contribution in [0.15, 0.2) is 48.7 Å². The molecular weight excluding hydrogens is 468 g/mol. The van der Waals surface area contributed by atoms with E-state index in [4.69, 9.17) is 16.3 Å². The van der Waals surface area contributed by atoms with E-state index in [-0.39, 0.29) is 5.60 Å². The fraction of sp³-hybridized carbons (Fsp3) is 0.633. The molecule has 2 aromatic rings. The second kappa shape index (κ2) is 12.3. The molecule has 4 rings (SSSR count). The maximum Gasteiger partial charge on any atom is 0.128 e. The summed E-state index contributed by atoms with van der Waals surface area (Å²) in [5.74, 6) is 1.78. The highest BCUT2D eigenvalue weighted by molar-refractivity contribution is 6.30. The van der Waals surface area contributed by atoms with Crippen molar-refractivity contribution in [3.8, 4) is 0 Å². The fourth-order valence-corrected chi connectivity index (χ4v) is 6.16. The Bertz CT molecular complexity index is 928. The number of aromatic nitrogens is 1. The first-order valence-corrected chi connectivity index (χ1v) is 14.1. The number of hydrogen-bond acceptors (Lipinski definition) is 5. The molecular formula is C30H45ClN4O. The van der Waals surface area contributed by atoms with Crippen LogP contribution in [0, 0.1) is 5.92 Å². The zero-order valence-electron chi connectivity index (χ0n) is 22.9. The Kier molecular flexibility index (Phi) is 9.32. The van der Waals surface area contributed by atoms with E-state index in [0.29, 0.717) is 24.0 Å². The lowest BCUT2D eigenvalue weighted by atomic mass is 9.90. The fourth-order valence-electron chi connectivity index (χ4n) is 6.04. The van der Waals surface area contributed by atoms with Crippen molar-refractivity contribution in [1.82, 2.24) is 14.8 Å². The van der Waals surface area contributed by atoms with Crippen molar-refractivity contribution in [3.63, 3.8) is 0 Å². The van der Waals surface area contributed by atoms with Crippen LogP contribution in [0.1, 0.15) is 52.5 Å². The largest absolute Gasteiger partial charge is 0.377 e. The van der Waals surface area contributed by atoms with Gasteiger partial charge in [-0.2, -0.15) is 0 Å². The Hall–Kier alpha value is -1.66. The minimum absolute atomic E-state index is 0.157. The molecule has 0 amide bonds. The summed E-state index contributed by atoms with van der Waals surface area (Å²) in [4.78, 5) is 12.6. The molecule has 36 heavy (non-hydrogen) atoms. The summed E-state index contributed by atoms with van der Waals surface area (Å²) in [6.45, 7) is 14.5. The van der Waals surface area contributed by atoms with Gasteiger partial charge in [0.15, 0.2) is 0 Å². The van der Waals surface area contributed by atoms with Crippen LogP contribution in [0.4, 0.5) is 5.82 Å². The Morgan fingerprint density at radius 2 is 1.75 bits per heavy atom. The molecule has 2 aliphatic heterocycles. The van der Waals surface area contributed by atoms with Gasteiger partial charge in [-0.25, -0.2) is 4.98 Å². The molecule has 0 spiro atoms. The number of halogens is 1. The van der Waals surface area contributed by atoms with Gasteiger partial charge >= 0.3 is 0 Å². The topological polar surface area (TPSA) is 31.8 Å². The molecule has 1 aromatic carbocycles. The van der Waals surface area contributed by atoms with E-state index in [1.165, 1.54) is 24.8 Å². The van der Waals surface area contributed by atoms with E-state index in [9.17, 15) is 0 Å². The van der Waals surface area contributed by atoms with Crippen molar-refractivity contribution in [2.24, 2.45) is 5.92 Å². The number of hydrogen-bond donors (Lipinski definition) is 0. The molecule has 0 unspecified atom stereocenters. The SMILES string of the molecule is COC(C)(C)CN1C[C@H](Cc2ccc(Cl)cc2)N(C2CCN(c3ccccn3)CC2)C[C@@H]1CC(C)C. The van der Waals surface area contributed by atoms with Gasteiger partial charge in [0.05, 0.1) is 5.60 Å². The lowest BCUT2D eigenvalue weighted by molar-refractivity contribution is -0.0627. The third-order valence-electron chi connectivity index (χ3n) is 8.02. The van der Waals surface area contributed by atoms with Gasteiger partial charge in [0.1, 0.15) is 5.82 Å². The van der Waals surface area contributed by atoms with E-state index in [0.717, 1.165) is 50.0 Å². The molecule has 0 aliphatic carbocycles. The zero-order chi connectivity index (χ0) is 25.7. The van der Waals surface area contributed by atoms with Gasteiger partial charge < -0.3 is 9.64 Å². The predicted octanol–water partition coefficient (Wildman–Crippen LogP) is 5.77. The monoisotopic (exact) mass is 512 g/mol. The van der Waals surface area contributed by atoms with Crippen LogP contribution in [0.2, 0.25) is 5.02 Å². The van der Waals surface area contributed by atoms with Crippen LogP contribution >= 0.6 is 11.6 Å². The number of nitrogens with zero attached hydrogens (tertiary/aromatic N) is 4. The average molecular weight is 513 g/mol. The molecule has 0 saturated carbocycles. The molecule has 0 N–H and O–H groups in total. The summed E-state index contributed by atoms with van der Waals surface area (Å²) < 4.78 is 5.88. The number of rotatable bonds is 9. The molecule has 0 radical (unpaired) electrons. The van der Waals surface area contributed by atoms with Gasteiger partial charge in [0, 0.05) is 69.2 Å². The average Bonchev–Trinajstić information content (AvgIpc) is 2.87. The number of benzene rings is 1. The molecule has 2 fully saturated rings. The number of ether oxygens (including phenoxy) is 1. The van der Waals surface area contributed by atoms with Crippen LogP contribution in [0.5, 0.6) is 0 Å². The number of piperazine rings is 1. The quantitative estimate of drug-likeness (QED) is 0.425. The Morgan fingerprint density at radius 1 is 1.03 bits per heavy atom. The van der Waals surface area contributed by atoms with Crippen LogP contribution in [0.25, 0.3) is 0 Å². The van der Waals surface area contributed by atoms with E-state index in [1.54, 1.807) is 0 Å². The lowest BCUT2D eigenvalue weighted by Gasteiger charge is -2.52. The highest BCUT2D eigenvalue weighted by atomic mass is 35.5. The van der Waals surface area contributed by atoms with Crippen molar-refractivity contribution in [3.05, 3.63) is 59.2 Å². The first kappa shape index (κ1) is 27.4. The summed E-state index contributed by atoms with van der Waals surface area (Å²) in [6, 6.07) is 16.3. The van der Waals surface area contributed by atoms with E-state index in [2.05, 4.69) is 71.6 Å². The van der Waals surface area contributed by atoms with E-state index < -0.39 is 0 Å². The van der Waals surface area contributed by atoms with Gasteiger partial charge in [-0.3, -0.25) is 9.80 Å². The van der Waals surface area contributed by atoms with Crippen molar-refractivity contribution in [1.29, 1.82) is 0 Å². The number of pyridine rings is 1. The van der Waals surface area contributed by atoms with Crippen LogP contribution in [0.3, 0.4) is 0 Å². The molecule has 5 nitrogen and oxygen atoms in total. The lowest BCUT2D eigenvalue weighted by Crippen LogP contribution is -2.64. The Morgan fingerprint density at radius 3 is 2.36 bits per heavy atom. The molecule has 3 heterocycles. The molecule has 1 aromatic heterocycles. The molecule has 6 heteroatoms. The third kappa shape index (κ3) is 7.22. The predicted molar refractivity (Wildman–Crippen MR) is 151 cm³/mol. The first-order chi connectivity index (χ1) is 17.2. The summed E-state index contributed by atoms with van der Waals surface area (Å²) >= 11 is 6.21. The summed E-state index contributed by atoms with van der Waals surface area (Å²) in [5, 5.41) is 0.807. The van der Waals surface area contributed by atoms with Gasteiger partial charge in [0.25, 0.3) is 0 Å². The second-order valence-corrected chi connectivity index (χ2v) is 12.2. The molecule has 0 bridgehead atoms. The van der Waals surface area contributed by atoms with Gasteiger partial charge in [-0.05, 0) is 75.3 Å². The van der Waals surface area contributed by atoms with Crippen molar-refractivity contribution < 1.29 is 4.74 Å². The highest BCUT2D eigenvalue weighted by Gasteiger charge is 2.40. The minimum Gasteiger partial charge on any atom is -0.377 e. The van der Waals surface area contributed by atoms with Crippen LogP contribution in [-0.2, 0) is 11.2 Å². The third-order valence-corrected chi connectivity index (χ3v) is 8.28. The second-order valence-electron chi connectivity index (χ2n) is 11.8. The summed E-state index contributed by atoms with van der Waals surface area (Å²) in [7, 11) is 1.84. The van der Waals surface area contributed by atoms with Crippen LogP contribution in [-0.4, -0.2) is 78.3 Å². The summed E-state index contributed by atoms with van der Waals surface area (Å²) in [5.41, 5.74) is 1.21. The van der Waals surface area contributed by atoms with Crippen molar-refractivity contribution in [2.45, 2.75) is 77.1 Å². The molecule has 2 aliphatic rings. The smallest absolute Gasteiger partial charge is 0.128 e. The maximum absolute atomic E-state index is 6.21. The molecule has 198 valence electrons. The van der Waals surface area contributed by atoms with E-state index in [1.807, 2.05) is 31.5 Å². The molecule has 2 atom stereocenters. The Balaban J connectivity index is 1.54. The Labute approximate surface area is 223 Å². The maximum atomic E-state index is 6.21. The number of anilines is 1. The first-order valence-electron chi connectivity index (χ1n) is 13.7. The normalized spacial score (nSPS) is 22.9. The van der Waals surface area contributed by atoms with Gasteiger partial charge in [-0.1, -0.05) is 43.6 Å². The number of piperidine rings is 1. The molecule has 2 saturated heterocycles. The van der Waals surface area contributed by atoms with Crippen molar-refractivity contribution in [2.75, 3.05) is 44.7 Å². The van der Waals surface area contributed by atoms with E-state index >= 15 is 0 Å². The highest BCUT2D eigenvalue weighted by Crippen LogP contribution is 2.31. The zero-order valence-corrected chi connectivity index (χ0v) is 23.6.